The van der Waals surface area contributed by atoms with Crippen molar-refractivity contribution in [1.82, 2.24) is 15.0 Å². The van der Waals surface area contributed by atoms with Gasteiger partial charge in [0, 0.05) is 12.0 Å². The maximum atomic E-state index is 11.2. The molecule has 1 fully saturated rings. The highest BCUT2D eigenvalue weighted by Gasteiger charge is 2.40. The number of nitrogens with zero attached hydrogens (tertiary/aromatic N) is 3. The molecule has 0 spiro atoms. The quantitative estimate of drug-likeness (QED) is 0.886. The minimum Gasteiger partial charge on any atom is -0.493 e. The Hall–Kier alpha value is -2.41. The third-order valence-corrected chi connectivity index (χ3v) is 5.41. The highest BCUT2D eigenvalue weighted by Crippen LogP contribution is 2.41. The minimum atomic E-state index is -1.20. The molecular formula is C18H21N3O4. The fraction of sp³-hybridized carbons (Fsp3) is 0.500. The molecule has 0 amide bonds. The van der Waals surface area contributed by atoms with E-state index in [1.165, 1.54) is 0 Å². The average molecular weight is 343 g/mol. The minimum absolute atomic E-state index is 0.135. The first-order valence-electron chi connectivity index (χ1n) is 8.68. The fourth-order valence-electron chi connectivity index (χ4n) is 3.88. The van der Waals surface area contributed by atoms with Crippen LogP contribution in [0.2, 0.25) is 0 Å². The van der Waals surface area contributed by atoms with Gasteiger partial charge in [0.2, 0.25) is 0 Å². The number of hydrogen-bond donors (Lipinski definition) is 2. The molecule has 4 rings (SSSR count). The van der Waals surface area contributed by atoms with Crippen LogP contribution < -0.4 is 4.74 Å². The first-order chi connectivity index (χ1) is 12.1. The van der Waals surface area contributed by atoms with Gasteiger partial charge >= 0.3 is 5.97 Å². The van der Waals surface area contributed by atoms with E-state index in [-0.39, 0.29) is 12.0 Å². The van der Waals surface area contributed by atoms with Gasteiger partial charge in [-0.3, -0.25) is 4.79 Å². The summed E-state index contributed by atoms with van der Waals surface area (Å²) in [5.74, 6) is -0.301. The molecule has 2 aliphatic rings. The molecule has 1 aliphatic heterocycles. The van der Waals surface area contributed by atoms with Gasteiger partial charge in [0.15, 0.2) is 0 Å². The number of aromatic nitrogens is 3. The van der Waals surface area contributed by atoms with Crippen LogP contribution >= 0.6 is 0 Å². The van der Waals surface area contributed by atoms with Crippen molar-refractivity contribution >= 4 is 5.97 Å². The summed E-state index contributed by atoms with van der Waals surface area (Å²) in [5.41, 5.74) is 0.0252. The van der Waals surface area contributed by atoms with E-state index >= 15 is 0 Å². The normalized spacial score (nSPS) is 28.8. The highest BCUT2D eigenvalue weighted by molar-refractivity contribution is 5.70. The molecule has 0 saturated heterocycles. The summed E-state index contributed by atoms with van der Waals surface area (Å²) in [6.07, 6.45) is 5.05. The molecule has 2 aromatic rings. The first-order valence-corrected chi connectivity index (χ1v) is 8.68. The molecule has 1 saturated carbocycles. The molecule has 132 valence electrons. The van der Waals surface area contributed by atoms with Crippen molar-refractivity contribution in [2.24, 2.45) is 5.92 Å². The van der Waals surface area contributed by atoms with Crippen molar-refractivity contribution in [3.05, 3.63) is 41.7 Å². The summed E-state index contributed by atoms with van der Waals surface area (Å²) in [6, 6.07) is 7.58. The number of benzene rings is 1. The molecule has 0 bridgehead atoms. The summed E-state index contributed by atoms with van der Waals surface area (Å²) in [6.45, 7) is 0.421. The second-order valence-electron chi connectivity index (χ2n) is 6.88. The number of carboxylic acids is 1. The van der Waals surface area contributed by atoms with E-state index in [1.807, 2.05) is 24.3 Å². The summed E-state index contributed by atoms with van der Waals surface area (Å²) >= 11 is 0. The third kappa shape index (κ3) is 2.78. The molecule has 1 aromatic heterocycles. The molecule has 2 heterocycles. The molecule has 1 atom stereocenters. The van der Waals surface area contributed by atoms with Crippen LogP contribution in [0.1, 0.15) is 49.4 Å². The number of carboxylic acid groups (broad SMARTS) is 1. The van der Waals surface area contributed by atoms with Crippen molar-refractivity contribution in [2.75, 3.05) is 6.61 Å². The molecule has 25 heavy (non-hydrogen) atoms. The summed E-state index contributed by atoms with van der Waals surface area (Å²) in [4.78, 5) is 11.1. The van der Waals surface area contributed by atoms with E-state index in [0.717, 1.165) is 12.8 Å². The van der Waals surface area contributed by atoms with Crippen LogP contribution in [0.15, 0.2) is 30.5 Å². The number of rotatable bonds is 3. The summed E-state index contributed by atoms with van der Waals surface area (Å²) in [5, 5.41) is 28.8. The zero-order valence-corrected chi connectivity index (χ0v) is 13.8. The maximum absolute atomic E-state index is 11.2. The highest BCUT2D eigenvalue weighted by atomic mass is 16.5. The molecule has 2 N–H and O–H groups in total. The third-order valence-electron chi connectivity index (χ3n) is 5.41. The van der Waals surface area contributed by atoms with Crippen molar-refractivity contribution in [2.45, 2.75) is 43.7 Å². The standard InChI is InChI=1S/C18H21N3O4/c22-17(23)12-5-7-13(8-6-12)21-11-16(19-20-21)18(24)9-10-25-15-4-2-1-3-14(15)18/h1-4,11-13,24H,5-10H2,(H,22,23). The number of carbonyl (C=O) groups is 1. The van der Waals surface area contributed by atoms with Crippen molar-refractivity contribution in [3.63, 3.8) is 0 Å². The first kappa shape index (κ1) is 16.1. The van der Waals surface area contributed by atoms with E-state index < -0.39 is 11.6 Å². The Kier molecular flexibility index (Phi) is 3.95. The zero-order valence-electron chi connectivity index (χ0n) is 13.8. The largest absolute Gasteiger partial charge is 0.493 e. The molecule has 7 nitrogen and oxygen atoms in total. The smallest absolute Gasteiger partial charge is 0.306 e. The second-order valence-corrected chi connectivity index (χ2v) is 6.88. The average Bonchev–Trinajstić information content (AvgIpc) is 3.13. The Labute approximate surface area is 145 Å². The van der Waals surface area contributed by atoms with Gasteiger partial charge in [-0.25, -0.2) is 4.68 Å². The van der Waals surface area contributed by atoms with Crippen LogP contribution in [0.4, 0.5) is 0 Å². The second kappa shape index (κ2) is 6.15. The Morgan fingerprint density at radius 2 is 2.00 bits per heavy atom. The monoisotopic (exact) mass is 343 g/mol. The van der Waals surface area contributed by atoms with Crippen LogP contribution in [0.25, 0.3) is 0 Å². The molecule has 0 radical (unpaired) electrons. The SMILES string of the molecule is O=C(O)C1CCC(n2cc(C3(O)CCOc4ccccc43)nn2)CC1. The maximum Gasteiger partial charge on any atom is 0.306 e. The van der Waals surface area contributed by atoms with E-state index in [9.17, 15) is 9.90 Å². The lowest BCUT2D eigenvalue weighted by Crippen LogP contribution is -2.34. The number of fused-ring (bicyclic) bond motifs is 1. The van der Waals surface area contributed by atoms with E-state index in [4.69, 9.17) is 9.84 Å². The van der Waals surface area contributed by atoms with Gasteiger partial charge in [-0.15, -0.1) is 5.10 Å². The molecule has 7 heteroatoms. The van der Waals surface area contributed by atoms with Crippen molar-refractivity contribution in [3.8, 4) is 5.75 Å². The lowest BCUT2D eigenvalue weighted by atomic mass is 9.85. The number of para-hydroxylation sites is 1. The topological polar surface area (TPSA) is 97.5 Å². The summed E-state index contributed by atoms with van der Waals surface area (Å²) in [7, 11) is 0. The van der Waals surface area contributed by atoms with Gasteiger partial charge in [0.25, 0.3) is 0 Å². The molecule has 1 aliphatic carbocycles. The summed E-state index contributed by atoms with van der Waals surface area (Å²) < 4.78 is 7.41. The molecular weight excluding hydrogens is 322 g/mol. The number of hydrogen-bond acceptors (Lipinski definition) is 5. The number of ether oxygens (including phenoxy) is 1. The predicted octanol–water partition coefficient (Wildman–Crippen LogP) is 2.11. The fourth-order valence-corrected chi connectivity index (χ4v) is 3.88. The van der Waals surface area contributed by atoms with Crippen LogP contribution in [-0.4, -0.2) is 37.8 Å². The lowest BCUT2D eigenvalue weighted by Gasteiger charge is -2.32. The van der Waals surface area contributed by atoms with Crippen LogP contribution in [-0.2, 0) is 10.4 Å². The van der Waals surface area contributed by atoms with Crippen LogP contribution in [0.5, 0.6) is 5.75 Å². The van der Waals surface area contributed by atoms with Gasteiger partial charge in [0.05, 0.1) is 24.8 Å². The van der Waals surface area contributed by atoms with E-state index in [1.54, 1.807) is 10.9 Å². The van der Waals surface area contributed by atoms with E-state index in [2.05, 4.69) is 10.3 Å². The van der Waals surface area contributed by atoms with Gasteiger partial charge < -0.3 is 14.9 Å². The number of aliphatic hydroxyl groups is 1. The van der Waals surface area contributed by atoms with E-state index in [0.29, 0.717) is 42.9 Å². The van der Waals surface area contributed by atoms with Crippen molar-refractivity contribution < 1.29 is 19.7 Å². The van der Waals surface area contributed by atoms with Gasteiger partial charge in [0.1, 0.15) is 17.0 Å². The van der Waals surface area contributed by atoms with Crippen LogP contribution in [0, 0.1) is 5.92 Å². The van der Waals surface area contributed by atoms with Gasteiger partial charge in [-0.05, 0) is 31.7 Å². The Morgan fingerprint density at radius 1 is 1.24 bits per heavy atom. The Bertz CT molecular complexity index is 782. The number of aliphatic carboxylic acids is 1. The van der Waals surface area contributed by atoms with Gasteiger partial charge in [-0.2, -0.15) is 0 Å². The Morgan fingerprint density at radius 3 is 2.76 bits per heavy atom. The lowest BCUT2D eigenvalue weighted by molar-refractivity contribution is -0.143. The zero-order chi connectivity index (χ0) is 17.4. The molecule has 1 unspecified atom stereocenters. The van der Waals surface area contributed by atoms with Crippen LogP contribution in [0.3, 0.4) is 0 Å². The van der Waals surface area contributed by atoms with Crippen molar-refractivity contribution in [1.29, 1.82) is 0 Å². The van der Waals surface area contributed by atoms with Gasteiger partial charge in [-0.1, -0.05) is 23.4 Å². The Balaban J connectivity index is 1.57. The predicted molar refractivity (Wildman–Crippen MR) is 88.2 cm³/mol. The molecule has 1 aromatic carbocycles.